The van der Waals surface area contributed by atoms with Crippen molar-refractivity contribution >= 4 is 35.1 Å². The van der Waals surface area contributed by atoms with Gasteiger partial charge in [-0.05, 0) is 61.1 Å². The van der Waals surface area contributed by atoms with E-state index in [0.29, 0.717) is 55.0 Å². The summed E-state index contributed by atoms with van der Waals surface area (Å²) >= 11 is 0. The minimum Gasteiger partial charge on any atom is -0.387 e. The summed E-state index contributed by atoms with van der Waals surface area (Å²) in [6, 6.07) is 4.87. The standard InChI is InChI=1S/C27H33FN6O2/c1-3-7-34(8-4-2)25(35)18-10-21-22(28)12-19(13-23(21)33-24(30)11-18)27(5-6-27)26(36)32-20-9-17(14-29)15-31-16-20/h9-10,12-13,15-16H,3-8,11,14,29H2,1-2H3,(H2,30,33)(H,32,36). The number of carbonyl (C=O) groups is 2. The number of hydrogen-bond acceptors (Lipinski definition) is 6. The maximum Gasteiger partial charge on any atom is 0.250 e. The molecule has 0 saturated heterocycles. The molecule has 1 saturated carbocycles. The number of aliphatic imine (C=N–C) groups is 1. The lowest BCUT2D eigenvalue weighted by Crippen LogP contribution is -2.34. The van der Waals surface area contributed by atoms with Crippen molar-refractivity contribution in [3.63, 3.8) is 0 Å². The molecule has 2 amide bonds. The van der Waals surface area contributed by atoms with Crippen molar-refractivity contribution in [3.8, 4) is 0 Å². The molecule has 0 unspecified atom stereocenters. The number of anilines is 1. The molecule has 190 valence electrons. The lowest BCUT2D eigenvalue weighted by Gasteiger charge is -2.22. The first kappa shape index (κ1) is 25.5. The summed E-state index contributed by atoms with van der Waals surface area (Å²) in [6.07, 6.45) is 7.72. The number of hydrogen-bond donors (Lipinski definition) is 3. The monoisotopic (exact) mass is 492 g/mol. The predicted molar refractivity (Wildman–Crippen MR) is 139 cm³/mol. The topological polar surface area (TPSA) is 127 Å². The highest BCUT2D eigenvalue weighted by Gasteiger charge is 2.52. The molecular formula is C27H33FN6O2. The molecule has 1 aromatic heterocycles. The van der Waals surface area contributed by atoms with Gasteiger partial charge in [0.05, 0.1) is 23.0 Å². The molecule has 36 heavy (non-hydrogen) atoms. The zero-order chi connectivity index (χ0) is 25.9. The van der Waals surface area contributed by atoms with E-state index in [0.717, 1.165) is 18.4 Å². The zero-order valence-corrected chi connectivity index (χ0v) is 20.8. The first-order chi connectivity index (χ1) is 17.3. The number of rotatable bonds is 9. The fourth-order valence-corrected chi connectivity index (χ4v) is 4.61. The number of nitrogens with zero attached hydrogens (tertiary/aromatic N) is 3. The quantitative estimate of drug-likeness (QED) is 0.491. The third-order valence-corrected chi connectivity index (χ3v) is 6.64. The number of fused-ring (bicyclic) bond motifs is 1. The Morgan fingerprint density at radius 3 is 2.50 bits per heavy atom. The van der Waals surface area contributed by atoms with Gasteiger partial charge in [-0.25, -0.2) is 9.38 Å². The van der Waals surface area contributed by atoms with E-state index >= 15 is 4.39 Å². The van der Waals surface area contributed by atoms with E-state index in [-0.39, 0.29) is 29.6 Å². The average Bonchev–Trinajstić information content (AvgIpc) is 3.68. The van der Waals surface area contributed by atoms with Gasteiger partial charge in [0, 0.05) is 43.4 Å². The van der Waals surface area contributed by atoms with Crippen molar-refractivity contribution in [2.45, 2.75) is 57.9 Å². The number of amidine groups is 1. The fourth-order valence-electron chi connectivity index (χ4n) is 4.61. The van der Waals surface area contributed by atoms with Gasteiger partial charge in [-0.1, -0.05) is 13.8 Å². The van der Waals surface area contributed by atoms with Crippen molar-refractivity contribution in [2.75, 3.05) is 18.4 Å². The number of aromatic nitrogens is 1. The number of carbonyl (C=O) groups excluding carboxylic acids is 2. The second-order valence-electron chi connectivity index (χ2n) is 9.45. The molecule has 2 aromatic rings. The van der Waals surface area contributed by atoms with Gasteiger partial charge in [0.2, 0.25) is 11.8 Å². The summed E-state index contributed by atoms with van der Waals surface area (Å²) in [5.74, 6) is -0.685. The van der Waals surface area contributed by atoms with E-state index in [9.17, 15) is 9.59 Å². The second kappa shape index (κ2) is 10.6. The Morgan fingerprint density at radius 1 is 1.14 bits per heavy atom. The maximum atomic E-state index is 15.5. The van der Waals surface area contributed by atoms with Gasteiger partial charge >= 0.3 is 0 Å². The molecule has 9 heteroatoms. The predicted octanol–water partition coefficient (Wildman–Crippen LogP) is 3.77. The van der Waals surface area contributed by atoms with Crippen molar-refractivity contribution in [2.24, 2.45) is 16.5 Å². The van der Waals surface area contributed by atoms with Gasteiger partial charge in [0.1, 0.15) is 11.7 Å². The Morgan fingerprint density at radius 2 is 1.86 bits per heavy atom. The summed E-state index contributed by atoms with van der Waals surface area (Å²) in [6.45, 7) is 5.58. The van der Waals surface area contributed by atoms with E-state index < -0.39 is 11.2 Å². The van der Waals surface area contributed by atoms with Gasteiger partial charge in [0.25, 0.3) is 0 Å². The van der Waals surface area contributed by atoms with Gasteiger partial charge in [-0.15, -0.1) is 0 Å². The highest BCUT2D eigenvalue weighted by molar-refractivity contribution is 6.06. The smallest absolute Gasteiger partial charge is 0.250 e. The number of pyridine rings is 1. The van der Waals surface area contributed by atoms with Crippen molar-refractivity contribution in [1.82, 2.24) is 9.88 Å². The molecule has 8 nitrogen and oxygen atoms in total. The zero-order valence-electron chi connectivity index (χ0n) is 20.8. The summed E-state index contributed by atoms with van der Waals surface area (Å²) < 4.78 is 15.5. The molecule has 4 rings (SSSR count). The normalized spacial score (nSPS) is 15.8. The Bertz CT molecular complexity index is 1230. The summed E-state index contributed by atoms with van der Waals surface area (Å²) in [4.78, 5) is 36.7. The lowest BCUT2D eigenvalue weighted by atomic mass is 9.92. The van der Waals surface area contributed by atoms with E-state index in [4.69, 9.17) is 11.5 Å². The van der Waals surface area contributed by atoms with Gasteiger partial charge in [-0.2, -0.15) is 0 Å². The fraction of sp³-hybridized carbons (Fsp3) is 0.407. The van der Waals surface area contributed by atoms with Crippen LogP contribution in [0.3, 0.4) is 0 Å². The van der Waals surface area contributed by atoms with Crippen molar-refractivity contribution in [1.29, 1.82) is 0 Å². The first-order valence-corrected chi connectivity index (χ1v) is 12.4. The van der Waals surface area contributed by atoms with E-state index in [2.05, 4.69) is 15.3 Å². The lowest BCUT2D eigenvalue weighted by molar-refractivity contribution is -0.127. The van der Waals surface area contributed by atoms with Gasteiger partial charge < -0.3 is 21.7 Å². The summed E-state index contributed by atoms with van der Waals surface area (Å²) in [5.41, 5.74) is 13.8. The van der Waals surface area contributed by atoms with Crippen LogP contribution in [0.1, 0.15) is 62.6 Å². The van der Waals surface area contributed by atoms with Crippen LogP contribution in [0.2, 0.25) is 0 Å². The Labute approximate surface area is 210 Å². The molecule has 2 heterocycles. The first-order valence-electron chi connectivity index (χ1n) is 12.4. The Balaban J connectivity index is 1.65. The molecule has 1 fully saturated rings. The third kappa shape index (κ3) is 5.16. The molecule has 1 aromatic carbocycles. The number of benzene rings is 1. The minimum absolute atomic E-state index is 0.141. The van der Waals surface area contributed by atoms with Crippen LogP contribution < -0.4 is 16.8 Å². The van der Waals surface area contributed by atoms with E-state index in [1.54, 1.807) is 35.5 Å². The minimum atomic E-state index is -0.855. The molecule has 0 radical (unpaired) electrons. The summed E-state index contributed by atoms with van der Waals surface area (Å²) in [5, 5.41) is 2.89. The largest absolute Gasteiger partial charge is 0.387 e. The molecule has 1 aliphatic heterocycles. The van der Waals surface area contributed by atoms with Gasteiger partial charge in [0.15, 0.2) is 0 Å². The van der Waals surface area contributed by atoms with Crippen molar-refractivity contribution < 1.29 is 14.0 Å². The van der Waals surface area contributed by atoms with Crippen LogP contribution in [0.5, 0.6) is 0 Å². The molecule has 0 spiro atoms. The molecule has 0 bridgehead atoms. The summed E-state index contributed by atoms with van der Waals surface area (Å²) in [7, 11) is 0. The van der Waals surface area contributed by atoms with Gasteiger partial charge in [-0.3, -0.25) is 14.6 Å². The number of amides is 2. The van der Waals surface area contributed by atoms with Crippen molar-refractivity contribution in [3.05, 3.63) is 58.7 Å². The molecule has 5 N–H and O–H groups in total. The Kier molecular flexibility index (Phi) is 7.49. The van der Waals surface area contributed by atoms with Crippen LogP contribution >= 0.6 is 0 Å². The van der Waals surface area contributed by atoms with Crippen LogP contribution in [-0.2, 0) is 21.5 Å². The van der Waals surface area contributed by atoms with Crippen LogP contribution in [0.4, 0.5) is 15.8 Å². The highest BCUT2D eigenvalue weighted by Crippen LogP contribution is 2.50. The number of halogens is 1. The average molecular weight is 493 g/mol. The molecular weight excluding hydrogens is 459 g/mol. The highest BCUT2D eigenvalue weighted by atomic mass is 19.1. The third-order valence-electron chi connectivity index (χ3n) is 6.64. The maximum absolute atomic E-state index is 15.5. The molecule has 1 aliphatic carbocycles. The second-order valence-corrected chi connectivity index (χ2v) is 9.45. The van der Waals surface area contributed by atoms with Crippen LogP contribution in [0.15, 0.2) is 41.2 Å². The van der Waals surface area contributed by atoms with Crippen LogP contribution in [-0.4, -0.2) is 40.6 Å². The SMILES string of the molecule is CCCN(CCC)C(=O)C1=Cc2c(F)cc(C3(C(=O)Nc4cncc(CN)c4)CC3)cc2N=C(N)C1. The Hall–Kier alpha value is -3.59. The molecule has 2 aliphatic rings. The number of nitrogens with one attached hydrogen (secondary N) is 1. The van der Waals surface area contributed by atoms with Crippen LogP contribution in [0, 0.1) is 5.82 Å². The molecule has 0 atom stereocenters. The van der Waals surface area contributed by atoms with E-state index in [1.165, 1.54) is 6.07 Å². The van der Waals surface area contributed by atoms with Crippen LogP contribution in [0.25, 0.3) is 6.08 Å². The number of nitrogens with two attached hydrogens (primary N) is 2. The van der Waals surface area contributed by atoms with E-state index in [1.807, 2.05) is 13.8 Å².